The lowest BCUT2D eigenvalue weighted by atomic mass is 9.69. The molecule has 0 aromatic carbocycles. The van der Waals surface area contributed by atoms with Crippen LogP contribution in [-0.2, 0) is 4.74 Å². The Morgan fingerprint density at radius 1 is 1.32 bits per heavy atom. The van der Waals surface area contributed by atoms with Crippen molar-refractivity contribution in [2.75, 3.05) is 13.6 Å². The van der Waals surface area contributed by atoms with Gasteiger partial charge in [0.15, 0.2) is 0 Å². The van der Waals surface area contributed by atoms with E-state index in [0.29, 0.717) is 6.54 Å². The number of amides is 1. The van der Waals surface area contributed by atoms with E-state index in [2.05, 4.69) is 6.92 Å². The molecule has 0 aliphatic heterocycles. The van der Waals surface area contributed by atoms with Crippen molar-refractivity contribution in [1.82, 2.24) is 4.90 Å². The predicted molar refractivity (Wildman–Crippen MR) is 78.0 cm³/mol. The Morgan fingerprint density at radius 2 is 1.84 bits per heavy atom. The summed E-state index contributed by atoms with van der Waals surface area (Å²) in [6.07, 6.45) is 5.67. The maximum Gasteiger partial charge on any atom is 0.410 e. The fourth-order valence-corrected chi connectivity index (χ4v) is 2.95. The Kier molecular flexibility index (Phi) is 5.25. The van der Waals surface area contributed by atoms with Crippen LogP contribution in [0.5, 0.6) is 0 Å². The summed E-state index contributed by atoms with van der Waals surface area (Å²) in [5, 5.41) is 0. The second-order valence-corrected chi connectivity index (χ2v) is 6.89. The Morgan fingerprint density at radius 3 is 2.26 bits per heavy atom. The van der Waals surface area contributed by atoms with E-state index >= 15 is 0 Å². The molecule has 1 unspecified atom stereocenters. The van der Waals surface area contributed by atoms with Gasteiger partial charge in [0.25, 0.3) is 0 Å². The zero-order valence-electron chi connectivity index (χ0n) is 13.2. The number of carbonyl (C=O) groups excluding carboxylic acids is 1. The molecule has 0 heterocycles. The van der Waals surface area contributed by atoms with E-state index in [4.69, 9.17) is 10.5 Å². The molecule has 0 aromatic heterocycles. The highest BCUT2D eigenvalue weighted by atomic mass is 16.6. The Hall–Kier alpha value is -0.770. The first-order chi connectivity index (χ1) is 8.72. The van der Waals surface area contributed by atoms with Crippen LogP contribution in [-0.4, -0.2) is 36.2 Å². The van der Waals surface area contributed by atoms with Crippen molar-refractivity contribution in [2.45, 2.75) is 71.4 Å². The van der Waals surface area contributed by atoms with Crippen LogP contribution in [0.3, 0.4) is 0 Å². The highest BCUT2D eigenvalue weighted by Crippen LogP contribution is 2.40. The number of rotatable bonds is 3. The normalized spacial score (nSPS) is 20.7. The zero-order chi connectivity index (χ0) is 14.7. The monoisotopic (exact) mass is 270 g/mol. The van der Waals surface area contributed by atoms with E-state index in [0.717, 1.165) is 12.8 Å². The lowest BCUT2D eigenvalue weighted by molar-refractivity contribution is 0.000447. The molecule has 4 nitrogen and oxygen atoms in total. The number of ether oxygens (including phenoxy) is 1. The summed E-state index contributed by atoms with van der Waals surface area (Å²) in [6.45, 7) is 8.41. The molecular weight excluding hydrogens is 240 g/mol. The first-order valence-corrected chi connectivity index (χ1v) is 7.38. The third kappa shape index (κ3) is 4.10. The van der Waals surface area contributed by atoms with Crippen LogP contribution in [0.1, 0.15) is 59.8 Å². The van der Waals surface area contributed by atoms with Gasteiger partial charge < -0.3 is 15.4 Å². The van der Waals surface area contributed by atoms with Gasteiger partial charge in [0.2, 0.25) is 0 Å². The fraction of sp³-hybridized carbons (Fsp3) is 0.933. The van der Waals surface area contributed by atoms with Crippen LogP contribution in [0, 0.1) is 5.41 Å². The molecule has 19 heavy (non-hydrogen) atoms. The SMILES string of the molecule is CC(N(C)C(=O)OC(C)(C)C)C1(CN)CCCCC1. The summed E-state index contributed by atoms with van der Waals surface area (Å²) in [7, 11) is 1.82. The molecule has 4 heteroatoms. The van der Waals surface area contributed by atoms with E-state index in [1.54, 1.807) is 4.90 Å². The second kappa shape index (κ2) is 6.12. The van der Waals surface area contributed by atoms with Crippen molar-refractivity contribution in [3.05, 3.63) is 0 Å². The summed E-state index contributed by atoms with van der Waals surface area (Å²) >= 11 is 0. The molecular formula is C15H30N2O2. The van der Waals surface area contributed by atoms with E-state index in [1.165, 1.54) is 19.3 Å². The van der Waals surface area contributed by atoms with Crippen molar-refractivity contribution in [3.63, 3.8) is 0 Å². The van der Waals surface area contributed by atoms with Gasteiger partial charge in [-0.1, -0.05) is 19.3 Å². The van der Waals surface area contributed by atoms with Crippen molar-refractivity contribution >= 4 is 6.09 Å². The minimum Gasteiger partial charge on any atom is -0.444 e. The van der Waals surface area contributed by atoms with Crippen LogP contribution < -0.4 is 5.73 Å². The highest BCUT2D eigenvalue weighted by molar-refractivity contribution is 5.68. The van der Waals surface area contributed by atoms with Crippen molar-refractivity contribution in [3.8, 4) is 0 Å². The molecule has 1 rings (SSSR count). The maximum atomic E-state index is 12.2. The molecule has 0 radical (unpaired) electrons. The maximum absolute atomic E-state index is 12.2. The van der Waals surface area contributed by atoms with Crippen molar-refractivity contribution < 1.29 is 9.53 Å². The molecule has 1 aliphatic rings. The molecule has 2 N–H and O–H groups in total. The third-order valence-corrected chi connectivity index (χ3v) is 4.40. The molecule has 1 aliphatic carbocycles. The number of carbonyl (C=O) groups is 1. The smallest absolute Gasteiger partial charge is 0.410 e. The fourth-order valence-electron chi connectivity index (χ4n) is 2.95. The van der Waals surface area contributed by atoms with Crippen LogP contribution >= 0.6 is 0 Å². The summed E-state index contributed by atoms with van der Waals surface area (Å²) in [5.41, 5.74) is 5.63. The summed E-state index contributed by atoms with van der Waals surface area (Å²) in [5.74, 6) is 0. The van der Waals surface area contributed by atoms with E-state index < -0.39 is 5.60 Å². The van der Waals surface area contributed by atoms with Gasteiger partial charge in [-0.05, 0) is 47.1 Å². The third-order valence-electron chi connectivity index (χ3n) is 4.40. The summed E-state index contributed by atoms with van der Waals surface area (Å²) in [4.78, 5) is 13.9. The second-order valence-electron chi connectivity index (χ2n) is 6.89. The van der Waals surface area contributed by atoms with Crippen LogP contribution in [0.25, 0.3) is 0 Å². The largest absolute Gasteiger partial charge is 0.444 e. The average molecular weight is 270 g/mol. The Bertz CT molecular complexity index is 304. The molecule has 112 valence electrons. The van der Waals surface area contributed by atoms with Gasteiger partial charge in [-0.25, -0.2) is 4.79 Å². The topological polar surface area (TPSA) is 55.6 Å². The van der Waals surface area contributed by atoms with Gasteiger partial charge in [0.1, 0.15) is 5.60 Å². The number of nitrogens with two attached hydrogens (primary N) is 1. The minimum atomic E-state index is -0.451. The van der Waals surface area contributed by atoms with E-state index in [9.17, 15) is 4.79 Å². The van der Waals surface area contributed by atoms with Crippen LogP contribution in [0.4, 0.5) is 4.79 Å². The molecule has 0 spiro atoms. The summed E-state index contributed by atoms with van der Waals surface area (Å²) in [6, 6.07) is 0.118. The minimum absolute atomic E-state index is 0.0594. The number of nitrogens with zero attached hydrogens (tertiary/aromatic N) is 1. The highest BCUT2D eigenvalue weighted by Gasteiger charge is 2.40. The quantitative estimate of drug-likeness (QED) is 0.857. The van der Waals surface area contributed by atoms with E-state index in [-0.39, 0.29) is 17.6 Å². The molecule has 0 bridgehead atoms. The average Bonchev–Trinajstić information content (AvgIpc) is 2.35. The van der Waals surface area contributed by atoms with Crippen molar-refractivity contribution in [2.24, 2.45) is 11.1 Å². The standard InChI is InChI=1S/C15H30N2O2/c1-12(15(11-16)9-7-6-8-10-15)17(5)13(18)19-14(2,3)4/h12H,6-11,16H2,1-5H3. The molecule has 0 aromatic rings. The molecule has 1 saturated carbocycles. The van der Waals surface area contributed by atoms with Gasteiger partial charge in [-0.15, -0.1) is 0 Å². The molecule has 1 atom stereocenters. The van der Waals surface area contributed by atoms with E-state index in [1.807, 2.05) is 27.8 Å². The Balaban J connectivity index is 2.73. The Labute approximate surface area is 117 Å². The lowest BCUT2D eigenvalue weighted by Gasteiger charge is -2.45. The van der Waals surface area contributed by atoms with Gasteiger partial charge in [-0.3, -0.25) is 0 Å². The predicted octanol–water partition coefficient (Wildman–Crippen LogP) is 3.15. The molecule has 1 fully saturated rings. The lowest BCUT2D eigenvalue weighted by Crippen LogP contribution is -2.52. The number of hydrogen-bond donors (Lipinski definition) is 1. The van der Waals surface area contributed by atoms with Gasteiger partial charge in [0, 0.05) is 18.5 Å². The van der Waals surface area contributed by atoms with Crippen molar-refractivity contribution in [1.29, 1.82) is 0 Å². The van der Waals surface area contributed by atoms with Crippen LogP contribution in [0.15, 0.2) is 0 Å². The van der Waals surface area contributed by atoms with Gasteiger partial charge in [-0.2, -0.15) is 0 Å². The summed E-state index contributed by atoms with van der Waals surface area (Å²) < 4.78 is 5.45. The first-order valence-electron chi connectivity index (χ1n) is 7.38. The van der Waals surface area contributed by atoms with Gasteiger partial charge in [0.05, 0.1) is 0 Å². The van der Waals surface area contributed by atoms with Crippen LogP contribution in [0.2, 0.25) is 0 Å². The van der Waals surface area contributed by atoms with Gasteiger partial charge >= 0.3 is 6.09 Å². The molecule has 1 amide bonds. The molecule has 0 saturated heterocycles. The number of hydrogen-bond acceptors (Lipinski definition) is 3. The zero-order valence-corrected chi connectivity index (χ0v) is 13.2. The first kappa shape index (κ1) is 16.3.